The van der Waals surface area contributed by atoms with E-state index in [0.717, 1.165) is 5.56 Å². The van der Waals surface area contributed by atoms with Crippen LogP contribution >= 0.6 is 0 Å². The number of nitrogens with zero attached hydrogens (tertiary/aromatic N) is 3. The lowest BCUT2D eigenvalue weighted by atomic mass is 10.2. The fourth-order valence-corrected chi connectivity index (χ4v) is 3.25. The monoisotopic (exact) mass is 437 g/mol. The van der Waals surface area contributed by atoms with E-state index >= 15 is 0 Å². The number of rotatable bonds is 5. The largest absolute Gasteiger partial charge is 0.436 e. The zero-order valence-electron chi connectivity index (χ0n) is 17.3. The number of fused-ring (bicyclic) bond motifs is 1. The lowest BCUT2D eigenvalue weighted by Gasteiger charge is -1.98. The molecule has 5 aromatic rings. The highest BCUT2D eigenvalue weighted by molar-refractivity contribution is 5.85. The molecule has 0 unspecified atom stereocenters. The number of aromatic nitrogens is 1. The lowest BCUT2D eigenvalue weighted by Crippen LogP contribution is -1.86. The van der Waals surface area contributed by atoms with E-state index in [-0.39, 0.29) is 11.6 Å². The van der Waals surface area contributed by atoms with Crippen molar-refractivity contribution in [2.45, 2.75) is 0 Å². The first-order chi connectivity index (χ1) is 16.2. The number of halogens is 2. The number of hydrogen-bond acceptors (Lipinski definition) is 4. The molecule has 0 N–H and O–H groups in total. The fraction of sp³-hybridized carbons (Fsp3) is 0. The quantitative estimate of drug-likeness (QED) is 0.271. The summed E-state index contributed by atoms with van der Waals surface area (Å²) in [6, 6.07) is 25.6. The molecule has 6 heteroatoms. The molecule has 1 aromatic heterocycles. The Kier molecular flexibility index (Phi) is 5.55. The molecule has 33 heavy (non-hydrogen) atoms. The topological polar surface area (TPSA) is 50.8 Å². The van der Waals surface area contributed by atoms with Gasteiger partial charge in [-0.05, 0) is 48.5 Å². The summed E-state index contributed by atoms with van der Waals surface area (Å²) in [6.07, 6.45) is 2.97. The molecule has 0 atom stereocenters. The average molecular weight is 437 g/mol. The van der Waals surface area contributed by atoms with E-state index in [4.69, 9.17) is 4.42 Å². The Morgan fingerprint density at radius 2 is 1.24 bits per heavy atom. The highest BCUT2D eigenvalue weighted by Gasteiger charge is 2.09. The van der Waals surface area contributed by atoms with Gasteiger partial charge in [0.15, 0.2) is 5.58 Å². The van der Waals surface area contributed by atoms with Crippen LogP contribution in [0.2, 0.25) is 0 Å². The highest BCUT2D eigenvalue weighted by atomic mass is 19.1. The third-order valence-electron chi connectivity index (χ3n) is 5.00. The molecule has 4 aromatic carbocycles. The SMILES string of the molecule is Fc1ccccc1C=Nc1ccc(-c2nc3ccc(N=Cc4ccccc4F)cc3o2)cc1. The molecule has 0 radical (unpaired) electrons. The van der Waals surface area contributed by atoms with Gasteiger partial charge in [-0.3, -0.25) is 9.98 Å². The van der Waals surface area contributed by atoms with Crippen molar-refractivity contribution in [3.8, 4) is 11.5 Å². The summed E-state index contributed by atoms with van der Waals surface area (Å²) in [5, 5.41) is 0. The second kappa shape index (κ2) is 8.96. The maximum Gasteiger partial charge on any atom is 0.227 e. The summed E-state index contributed by atoms with van der Waals surface area (Å²) in [6.45, 7) is 0. The molecular formula is C27H17F2N3O. The minimum atomic E-state index is -0.328. The van der Waals surface area contributed by atoms with Crippen LogP contribution in [0.1, 0.15) is 11.1 Å². The number of aliphatic imine (C=N–C) groups is 2. The van der Waals surface area contributed by atoms with E-state index in [9.17, 15) is 8.78 Å². The second-order valence-electron chi connectivity index (χ2n) is 7.28. The Bertz CT molecular complexity index is 1490. The van der Waals surface area contributed by atoms with Gasteiger partial charge in [0.05, 0.1) is 11.4 Å². The summed E-state index contributed by atoms with van der Waals surface area (Å²) in [5.74, 6) is -0.183. The summed E-state index contributed by atoms with van der Waals surface area (Å²) in [4.78, 5) is 13.2. The first-order valence-corrected chi connectivity index (χ1v) is 10.2. The minimum absolute atomic E-state index is 0.318. The minimum Gasteiger partial charge on any atom is -0.436 e. The Morgan fingerprint density at radius 3 is 1.88 bits per heavy atom. The smallest absolute Gasteiger partial charge is 0.227 e. The summed E-state index contributed by atoms with van der Waals surface area (Å²) >= 11 is 0. The van der Waals surface area contributed by atoms with Gasteiger partial charge in [-0.15, -0.1) is 0 Å². The highest BCUT2D eigenvalue weighted by Crippen LogP contribution is 2.28. The van der Waals surface area contributed by atoms with Crippen LogP contribution in [-0.4, -0.2) is 17.4 Å². The predicted octanol–water partition coefficient (Wildman–Crippen LogP) is 7.27. The lowest BCUT2D eigenvalue weighted by molar-refractivity contribution is 0.620. The van der Waals surface area contributed by atoms with Crippen LogP contribution in [0.3, 0.4) is 0 Å². The normalized spacial score (nSPS) is 11.7. The molecule has 0 aliphatic rings. The van der Waals surface area contributed by atoms with Gasteiger partial charge >= 0.3 is 0 Å². The Morgan fingerprint density at radius 1 is 0.667 bits per heavy atom. The molecule has 0 spiro atoms. The molecule has 5 rings (SSSR count). The van der Waals surface area contributed by atoms with E-state index in [2.05, 4.69) is 15.0 Å². The molecule has 0 saturated heterocycles. The first-order valence-electron chi connectivity index (χ1n) is 10.2. The molecule has 0 fully saturated rings. The van der Waals surface area contributed by atoms with Crippen molar-refractivity contribution in [2.24, 2.45) is 9.98 Å². The molecule has 0 bridgehead atoms. The van der Waals surface area contributed by atoms with Gasteiger partial charge in [-0.25, -0.2) is 13.8 Å². The average Bonchev–Trinajstić information content (AvgIpc) is 3.27. The maximum atomic E-state index is 13.8. The number of benzene rings is 4. The van der Waals surface area contributed by atoms with Crippen LogP contribution < -0.4 is 0 Å². The summed E-state index contributed by atoms with van der Waals surface area (Å²) in [7, 11) is 0. The molecule has 0 aliphatic heterocycles. The van der Waals surface area contributed by atoms with Crippen molar-refractivity contribution in [1.29, 1.82) is 0 Å². The van der Waals surface area contributed by atoms with Gasteiger partial charge in [0.1, 0.15) is 17.2 Å². The van der Waals surface area contributed by atoms with E-state index in [1.165, 1.54) is 24.6 Å². The zero-order chi connectivity index (χ0) is 22.6. The number of hydrogen-bond donors (Lipinski definition) is 0. The third-order valence-corrected chi connectivity index (χ3v) is 5.00. The zero-order valence-corrected chi connectivity index (χ0v) is 17.3. The number of oxazole rings is 1. The Labute approximate surface area is 188 Å². The van der Waals surface area contributed by atoms with Crippen LogP contribution in [0.4, 0.5) is 20.2 Å². The van der Waals surface area contributed by atoms with Gasteiger partial charge in [0, 0.05) is 35.2 Å². The van der Waals surface area contributed by atoms with E-state index in [1.54, 1.807) is 48.5 Å². The Hall–Kier alpha value is -4.45. The molecule has 4 nitrogen and oxygen atoms in total. The van der Waals surface area contributed by atoms with Crippen molar-refractivity contribution in [3.63, 3.8) is 0 Å². The second-order valence-corrected chi connectivity index (χ2v) is 7.28. The van der Waals surface area contributed by atoms with Crippen molar-refractivity contribution in [1.82, 2.24) is 4.98 Å². The molecule has 0 saturated carbocycles. The molecular weight excluding hydrogens is 420 g/mol. The predicted molar refractivity (Wildman–Crippen MR) is 127 cm³/mol. The maximum absolute atomic E-state index is 13.8. The van der Waals surface area contributed by atoms with E-state index in [1.807, 2.05) is 30.3 Å². The molecule has 0 aliphatic carbocycles. The van der Waals surface area contributed by atoms with Crippen molar-refractivity contribution < 1.29 is 13.2 Å². The fourth-order valence-electron chi connectivity index (χ4n) is 3.25. The van der Waals surface area contributed by atoms with Crippen LogP contribution in [-0.2, 0) is 0 Å². The van der Waals surface area contributed by atoms with E-state index < -0.39 is 0 Å². The van der Waals surface area contributed by atoms with E-state index in [0.29, 0.717) is 39.5 Å². The van der Waals surface area contributed by atoms with Crippen molar-refractivity contribution in [3.05, 3.63) is 114 Å². The molecule has 0 amide bonds. The van der Waals surface area contributed by atoms with Gasteiger partial charge in [0.25, 0.3) is 0 Å². The standard InChI is InChI=1S/C27H17F2N3O/c28-23-7-3-1-5-19(23)16-30-21-11-9-18(10-12-21)27-32-25-14-13-22(15-26(25)33-27)31-17-20-6-2-4-8-24(20)29/h1-17H. The summed E-state index contributed by atoms with van der Waals surface area (Å²) < 4.78 is 33.4. The van der Waals surface area contributed by atoms with Crippen molar-refractivity contribution in [2.75, 3.05) is 0 Å². The Balaban J connectivity index is 1.35. The van der Waals surface area contributed by atoms with Crippen LogP contribution in [0.25, 0.3) is 22.6 Å². The first kappa shape index (κ1) is 20.5. The molecule has 1 heterocycles. The third kappa shape index (κ3) is 4.60. The van der Waals surface area contributed by atoms with Crippen LogP contribution in [0.5, 0.6) is 0 Å². The molecule has 160 valence electrons. The van der Waals surface area contributed by atoms with Gasteiger partial charge in [0.2, 0.25) is 5.89 Å². The van der Waals surface area contributed by atoms with Gasteiger partial charge in [-0.1, -0.05) is 36.4 Å². The summed E-state index contributed by atoms with van der Waals surface area (Å²) in [5.41, 5.74) is 4.20. The van der Waals surface area contributed by atoms with Gasteiger partial charge < -0.3 is 4.42 Å². The van der Waals surface area contributed by atoms with Gasteiger partial charge in [-0.2, -0.15) is 0 Å². The van der Waals surface area contributed by atoms with Crippen LogP contribution in [0.15, 0.2) is 105 Å². The van der Waals surface area contributed by atoms with Crippen LogP contribution in [0, 0.1) is 11.6 Å². The van der Waals surface area contributed by atoms with Crippen molar-refractivity contribution >= 4 is 34.9 Å².